The summed E-state index contributed by atoms with van der Waals surface area (Å²) >= 11 is 0. The lowest BCUT2D eigenvalue weighted by molar-refractivity contribution is -0.149. The monoisotopic (exact) mass is 428 g/mol. The van der Waals surface area contributed by atoms with Gasteiger partial charge >= 0.3 is 12.1 Å². The molecule has 0 spiro atoms. The lowest BCUT2D eigenvalue weighted by atomic mass is 9.92. The third kappa shape index (κ3) is 8.31. The number of likely N-dealkylation sites (tertiary alicyclic amines) is 1. The average molecular weight is 429 g/mol. The van der Waals surface area contributed by atoms with Crippen LogP contribution in [0.4, 0.5) is 4.79 Å². The predicted octanol–water partition coefficient (Wildman–Crippen LogP) is 1.94. The Labute approximate surface area is 178 Å². The summed E-state index contributed by atoms with van der Waals surface area (Å²) in [5.74, 6) is -2.13. The number of hydrogen-bond acceptors (Lipinski definition) is 6. The smallest absolute Gasteiger partial charge is 0.408 e. The molecule has 0 bridgehead atoms. The van der Waals surface area contributed by atoms with Crippen LogP contribution in [-0.4, -0.2) is 77.1 Å². The quantitative estimate of drug-likeness (QED) is 0.339. The summed E-state index contributed by atoms with van der Waals surface area (Å²) in [6.07, 6.45) is 3.15. The Morgan fingerprint density at radius 2 is 1.97 bits per heavy atom. The lowest BCUT2D eigenvalue weighted by Gasteiger charge is -2.32. The molecular formula is C21H36N2O7. The molecule has 1 aliphatic heterocycles. The minimum Gasteiger partial charge on any atom is -0.480 e. The normalized spacial score (nSPS) is 21.0. The molecule has 0 saturated carbocycles. The van der Waals surface area contributed by atoms with Crippen LogP contribution in [0.15, 0.2) is 12.7 Å². The number of carboxylic acids is 1. The lowest BCUT2D eigenvalue weighted by Crippen LogP contribution is -2.56. The van der Waals surface area contributed by atoms with E-state index < -0.39 is 41.8 Å². The van der Waals surface area contributed by atoms with Crippen LogP contribution < -0.4 is 5.32 Å². The van der Waals surface area contributed by atoms with E-state index in [-0.39, 0.29) is 25.5 Å². The molecule has 4 atom stereocenters. The number of amides is 2. The van der Waals surface area contributed by atoms with E-state index in [0.29, 0.717) is 6.42 Å². The van der Waals surface area contributed by atoms with Crippen LogP contribution in [0.3, 0.4) is 0 Å². The number of allylic oxidation sites excluding steroid dienone is 1. The number of hydrogen-bond donors (Lipinski definition) is 3. The Hall–Kier alpha value is -2.13. The Morgan fingerprint density at radius 3 is 2.50 bits per heavy atom. The fourth-order valence-corrected chi connectivity index (χ4v) is 3.54. The molecule has 0 aromatic carbocycles. The molecule has 1 aliphatic rings. The van der Waals surface area contributed by atoms with Crippen molar-refractivity contribution in [3.8, 4) is 0 Å². The van der Waals surface area contributed by atoms with Crippen LogP contribution in [0.25, 0.3) is 0 Å². The zero-order chi connectivity index (χ0) is 22.9. The van der Waals surface area contributed by atoms with Gasteiger partial charge in [-0.2, -0.15) is 0 Å². The summed E-state index contributed by atoms with van der Waals surface area (Å²) < 4.78 is 10.6. The topological polar surface area (TPSA) is 125 Å². The summed E-state index contributed by atoms with van der Waals surface area (Å²) in [5.41, 5.74) is -0.758. The first kappa shape index (κ1) is 25.9. The molecule has 3 N–H and O–H groups in total. The van der Waals surface area contributed by atoms with Gasteiger partial charge < -0.3 is 29.9 Å². The molecule has 9 nitrogen and oxygen atoms in total. The molecule has 0 aromatic heterocycles. The molecule has 30 heavy (non-hydrogen) atoms. The van der Waals surface area contributed by atoms with Gasteiger partial charge in [-0.1, -0.05) is 12.5 Å². The van der Waals surface area contributed by atoms with E-state index in [1.807, 2.05) is 6.08 Å². The van der Waals surface area contributed by atoms with E-state index in [1.54, 1.807) is 20.8 Å². The zero-order valence-corrected chi connectivity index (χ0v) is 18.4. The van der Waals surface area contributed by atoms with Crippen LogP contribution in [0.1, 0.15) is 52.9 Å². The van der Waals surface area contributed by atoms with Crippen LogP contribution >= 0.6 is 0 Å². The summed E-state index contributed by atoms with van der Waals surface area (Å²) in [6.45, 7) is 8.93. The van der Waals surface area contributed by atoms with Crippen molar-refractivity contribution in [2.24, 2.45) is 5.92 Å². The maximum absolute atomic E-state index is 13.3. The molecule has 1 fully saturated rings. The van der Waals surface area contributed by atoms with Gasteiger partial charge in [0.15, 0.2) is 0 Å². The second-order valence-corrected chi connectivity index (χ2v) is 8.65. The van der Waals surface area contributed by atoms with Crippen molar-refractivity contribution < 1.29 is 34.1 Å². The number of aliphatic hydroxyl groups excluding tert-OH is 1. The third-order valence-electron chi connectivity index (χ3n) is 4.87. The fraction of sp³-hybridized carbons (Fsp3) is 0.762. The number of nitrogens with one attached hydrogen (secondary N) is 1. The van der Waals surface area contributed by atoms with Gasteiger partial charge in [-0.3, -0.25) is 4.79 Å². The van der Waals surface area contributed by atoms with Crippen molar-refractivity contribution in [1.82, 2.24) is 10.2 Å². The summed E-state index contributed by atoms with van der Waals surface area (Å²) in [7, 11) is 1.51. The first-order valence-corrected chi connectivity index (χ1v) is 10.3. The number of unbranched alkanes of at least 4 members (excludes halogenated alkanes) is 2. The minimum absolute atomic E-state index is 0.0471. The van der Waals surface area contributed by atoms with E-state index in [2.05, 4.69) is 11.9 Å². The molecule has 1 rings (SSSR count). The van der Waals surface area contributed by atoms with E-state index in [0.717, 1.165) is 24.2 Å². The second kappa shape index (κ2) is 11.9. The van der Waals surface area contributed by atoms with Crippen LogP contribution in [0.2, 0.25) is 0 Å². The molecule has 2 amide bonds. The largest absolute Gasteiger partial charge is 0.480 e. The van der Waals surface area contributed by atoms with Crippen molar-refractivity contribution in [3.63, 3.8) is 0 Å². The van der Waals surface area contributed by atoms with Crippen molar-refractivity contribution in [3.05, 3.63) is 12.7 Å². The first-order chi connectivity index (χ1) is 14.0. The second-order valence-electron chi connectivity index (χ2n) is 8.65. The van der Waals surface area contributed by atoms with E-state index in [9.17, 15) is 24.6 Å². The maximum atomic E-state index is 13.3. The zero-order valence-electron chi connectivity index (χ0n) is 18.4. The molecule has 0 unspecified atom stereocenters. The highest BCUT2D eigenvalue weighted by atomic mass is 16.6. The van der Waals surface area contributed by atoms with E-state index >= 15 is 0 Å². The average Bonchev–Trinajstić information content (AvgIpc) is 3.02. The van der Waals surface area contributed by atoms with Crippen molar-refractivity contribution >= 4 is 18.0 Å². The van der Waals surface area contributed by atoms with Crippen molar-refractivity contribution in [2.75, 3.05) is 20.3 Å². The molecule has 0 radical (unpaired) electrons. The molecular weight excluding hydrogens is 392 g/mol. The Balaban J connectivity index is 3.09. The van der Waals surface area contributed by atoms with Crippen molar-refractivity contribution in [2.45, 2.75) is 76.7 Å². The number of carbonyl (C=O) groups is 3. The number of β-amino-alcohol motifs (C(OH)–C–C–N with tert-alkyl or cyclic N) is 1. The van der Waals surface area contributed by atoms with Gasteiger partial charge in [0.1, 0.15) is 17.7 Å². The molecule has 0 aliphatic carbocycles. The maximum Gasteiger partial charge on any atom is 0.408 e. The molecule has 1 heterocycles. The molecule has 1 saturated heterocycles. The third-order valence-corrected chi connectivity index (χ3v) is 4.87. The van der Waals surface area contributed by atoms with E-state index in [4.69, 9.17) is 9.47 Å². The summed E-state index contributed by atoms with van der Waals surface area (Å²) in [6, 6.07) is -2.17. The Bertz CT molecular complexity index is 603. The van der Waals surface area contributed by atoms with Gasteiger partial charge in [-0.15, -0.1) is 6.58 Å². The van der Waals surface area contributed by atoms with Gasteiger partial charge in [-0.25, -0.2) is 9.59 Å². The fourth-order valence-electron chi connectivity index (χ4n) is 3.54. The Kier molecular flexibility index (Phi) is 10.3. The number of methoxy groups -OCH3 is 1. The SMILES string of the molecule is C=CCCCC[C@@H](COC)[C@H](NC(=O)OC(C)(C)C)C(=O)N1C[C@H](O)C[C@H]1C(=O)O. The van der Waals surface area contributed by atoms with Crippen LogP contribution in [0.5, 0.6) is 0 Å². The summed E-state index contributed by atoms with van der Waals surface area (Å²) in [5, 5.41) is 22.0. The van der Waals surface area contributed by atoms with Gasteiger partial charge in [0.05, 0.1) is 12.7 Å². The van der Waals surface area contributed by atoms with E-state index in [1.165, 1.54) is 7.11 Å². The van der Waals surface area contributed by atoms with Gasteiger partial charge in [-0.05, 0) is 40.0 Å². The number of nitrogens with zero attached hydrogens (tertiary/aromatic N) is 1. The van der Waals surface area contributed by atoms with Gasteiger partial charge in [0.2, 0.25) is 5.91 Å². The van der Waals surface area contributed by atoms with Gasteiger partial charge in [0.25, 0.3) is 0 Å². The molecule has 9 heteroatoms. The standard InChI is InChI=1S/C21H36N2O7/c1-6-7-8-9-10-14(13-29-5)17(22-20(28)30-21(2,3)4)18(25)23-12-15(24)11-16(23)19(26)27/h6,14-17,24H,1,7-13H2,2-5H3,(H,22,28)(H,26,27)/t14-,15+,16-,17-/m0/s1. The highest BCUT2D eigenvalue weighted by molar-refractivity contribution is 5.90. The molecule has 0 aromatic rings. The number of carboxylic acid groups (broad SMARTS) is 1. The van der Waals surface area contributed by atoms with Crippen LogP contribution in [0, 0.1) is 5.92 Å². The number of alkyl carbamates (subject to hydrolysis) is 1. The minimum atomic E-state index is -1.19. The van der Waals surface area contributed by atoms with Crippen LogP contribution in [-0.2, 0) is 19.1 Å². The number of rotatable bonds is 11. The van der Waals surface area contributed by atoms with Gasteiger partial charge in [0, 0.05) is 26.0 Å². The predicted molar refractivity (Wildman–Crippen MR) is 111 cm³/mol. The number of carbonyl (C=O) groups excluding carboxylic acids is 2. The number of aliphatic carboxylic acids is 1. The summed E-state index contributed by atoms with van der Waals surface area (Å²) in [4.78, 5) is 38.5. The van der Waals surface area contributed by atoms with Crippen molar-refractivity contribution in [1.29, 1.82) is 0 Å². The first-order valence-electron chi connectivity index (χ1n) is 10.3. The number of ether oxygens (including phenoxy) is 2. The highest BCUT2D eigenvalue weighted by Crippen LogP contribution is 2.24. The highest BCUT2D eigenvalue weighted by Gasteiger charge is 2.43. The Morgan fingerprint density at radius 1 is 1.30 bits per heavy atom. The molecule has 172 valence electrons. The number of aliphatic hydroxyl groups is 1.